The molecule has 0 saturated carbocycles. The molecule has 0 radical (unpaired) electrons. The lowest BCUT2D eigenvalue weighted by Crippen LogP contribution is -2.40. The van der Waals surface area contributed by atoms with E-state index in [-0.39, 0.29) is 24.7 Å². The van der Waals surface area contributed by atoms with Crippen LogP contribution in [0.5, 0.6) is 0 Å². The molecule has 0 aromatic carbocycles. The molecule has 16 heavy (non-hydrogen) atoms. The van der Waals surface area contributed by atoms with E-state index in [1.54, 1.807) is 0 Å². The third-order valence-electron chi connectivity index (χ3n) is 2.13. The summed E-state index contributed by atoms with van der Waals surface area (Å²) in [7, 11) is 0. The highest BCUT2D eigenvalue weighted by Gasteiger charge is 2.19. The average Bonchev–Trinajstić information content (AvgIpc) is 2.10. The molecule has 0 aliphatic heterocycles. The van der Waals surface area contributed by atoms with Crippen LogP contribution in [0.3, 0.4) is 0 Å². The van der Waals surface area contributed by atoms with Gasteiger partial charge in [0.1, 0.15) is 5.60 Å². The summed E-state index contributed by atoms with van der Waals surface area (Å²) in [6.07, 6.45) is 1.17. The molecule has 0 heterocycles. The van der Waals surface area contributed by atoms with E-state index >= 15 is 0 Å². The van der Waals surface area contributed by atoms with Crippen LogP contribution in [0, 0.1) is 0 Å². The van der Waals surface area contributed by atoms with Gasteiger partial charge in [-0.1, -0.05) is 6.92 Å². The first-order valence-electron chi connectivity index (χ1n) is 5.87. The number of aliphatic hydroxyl groups is 1. The Labute approximate surface area is 98.4 Å². The Balaban J connectivity index is 3.95. The Bertz CT molecular complexity index is 207. The zero-order valence-corrected chi connectivity index (χ0v) is 11.0. The minimum Gasteiger partial charge on any atom is -0.460 e. The lowest BCUT2D eigenvalue weighted by molar-refractivity contribution is -0.155. The first-order chi connectivity index (χ1) is 7.28. The molecule has 0 aromatic heterocycles. The van der Waals surface area contributed by atoms with E-state index in [0.717, 1.165) is 6.42 Å². The highest BCUT2D eigenvalue weighted by Crippen LogP contribution is 2.09. The van der Waals surface area contributed by atoms with E-state index in [1.165, 1.54) is 0 Å². The Morgan fingerprint density at radius 2 is 2.00 bits per heavy atom. The summed E-state index contributed by atoms with van der Waals surface area (Å²) in [5, 5.41) is 12.2. The summed E-state index contributed by atoms with van der Waals surface area (Å²) >= 11 is 0. The second kappa shape index (κ2) is 6.86. The number of aliphatic hydroxyl groups excluding tert-OH is 1. The molecule has 96 valence electrons. The van der Waals surface area contributed by atoms with Gasteiger partial charge in [-0.2, -0.15) is 0 Å². The average molecular weight is 231 g/mol. The van der Waals surface area contributed by atoms with Crippen LogP contribution in [-0.2, 0) is 9.53 Å². The molecule has 2 atom stereocenters. The Morgan fingerprint density at radius 3 is 2.38 bits per heavy atom. The van der Waals surface area contributed by atoms with Gasteiger partial charge in [-0.25, -0.2) is 0 Å². The molecule has 4 nitrogen and oxygen atoms in total. The second-order valence-corrected chi connectivity index (χ2v) is 5.15. The molecule has 4 heteroatoms. The summed E-state index contributed by atoms with van der Waals surface area (Å²) in [4.78, 5) is 11.5. The van der Waals surface area contributed by atoms with Crippen molar-refractivity contribution < 1.29 is 14.6 Å². The van der Waals surface area contributed by atoms with Crippen LogP contribution in [0.1, 0.15) is 47.5 Å². The molecule has 0 aliphatic carbocycles. The molecular weight excluding hydrogens is 206 g/mol. The van der Waals surface area contributed by atoms with Gasteiger partial charge >= 0.3 is 5.97 Å². The largest absolute Gasteiger partial charge is 0.460 e. The highest BCUT2D eigenvalue weighted by molar-refractivity contribution is 5.70. The summed E-state index contributed by atoms with van der Waals surface area (Å²) in [5.41, 5.74) is -0.433. The van der Waals surface area contributed by atoms with Gasteiger partial charge in [-0.3, -0.25) is 4.79 Å². The van der Waals surface area contributed by atoms with Crippen molar-refractivity contribution in [2.24, 2.45) is 0 Å². The monoisotopic (exact) mass is 231 g/mol. The van der Waals surface area contributed by atoms with Gasteiger partial charge in [0.15, 0.2) is 0 Å². The Kier molecular flexibility index (Phi) is 6.60. The lowest BCUT2D eigenvalue weighted by Gasteiger charge is -2.23. The van der Waals surface area contributed by atoms with Gasteiger partial charge in [0.2, 0.25) is 0 Å². The molecule has 0 aromatic rings. The van der Waals surface area contributed by atoms with Gasteiger partial charge in [-0.15, -0.1) is 0 Å². The summed E-state index contributed by atoms with van der Waals surface area (Å²) in [6, 6.07) is 0.0735. The molecule has 0 bridgehead atoms. The predicted octanol–water partition coefficient (Wildman–Crippen LogP) is 1.47. The first kappa shape index (κ1) is 15.4. The van der Waals surface area contributed by atoms with Crippen molar-refractivity contribution in [3.63, 3.8) is 0 Å². The smallest absolute Gasteiger partial charge is 0.307 e. The quantitative estimate of drug-likeness (QED) is 0.680. The summed E-state index contributed by atoms with van der Waals surface area (Å²) in [5.74, 6) is -0.208. The molecule has 0 aliphatic rings. The third kappa shape index (κ3) is 7.65. The highest BCUT2D eigenvalue weighted by atomic mass is 16.6. The summed E-state index contributed by atoms with van der Waals surface area (Å²) < 4.78 is 5.22. The molecule has 0 amide bonds. The minimum atomic E-state index is -0.433. The van der Waals surface area contributed by atoms with E-state index in [9.17, 15) is 4.79 Å². The Hall–Kier alpha value is -0.610. The first-order valence-corrected chi connectivity index (χ1v) is 5.87. The van der Waals surface area contributed by atoms with Gasteiger partial charge in [0, 0.05) is 12.1 Å². The van der Waals surface area contributed by atoms with Crippen molar-refractivity contribution >= 4 is 5.97 Å². The van der Waals surface area contributed by atoms with Crippen LogP contribution < -0.4 is 5.32 Å². The Morgan fingerprint density at radius 1 is 1.44 bits per heavy atom. The maximum absolute atomic E-state index is 11.5. The maximum atomic E-state index is 11.5. The molecule has 0 spiro atoms. The molecule has 0 fully saturated rings. The number of ether oxygens (including phenoxy) is 1. The fraction of sp³-hybridized carbons (Fsp3) is 0.917. The number of hydrogen-bond donors (Lipinski definition) is 2. The van der Waals surface area contributed by atoms with Gasteiger partial charge in [0.05, 0.1) is 13.0 Å². The molecule has 0 saturated heterocycles. The summed E-state index contributed by atoms with van der Waals surface area (Å²) in [6.45, 7) is 9.56. The number of carbonyl (C=O) groups is 1. The standard InChI is InChI=1S/C12H25NO3/c1-6-10(8-14)13-9(2)7-11(15)16-12(3,4)5/h9-10,13-14H,6-8H2,1-5H3/t9?,10-/m1/s1. The zero-order chi connectivity index (χ0) is 12.8. The van der Waals surface area contributed by atoms with Crippen LogP contribution >= 0.6 is 0 Å². The molecule has 1 unspecified atom stereocenters. The number of nitrogens with one attached hydrogen (secondary N) is 1. The van der Waals surface area contributed by atoms with Crippen LogP contribution in [0.25, 0.3) is 0 Å². The minimum absolute atomic E-state index is 0.0203. The fourth-order valence-electron chi connectivity index (χ4n) is 1.39. The SMILES string of the molecule is CC[C@H](CO)NC(C)CC(=O)OC(C)(C)C. The molecule has 0 rings (SSSR count). The van der Waals surface area contributed by atoms with Crippen molar-refractivity contribution in [2.45, 2.75) is 65.1 Å². The van der Waals surface area contributed by atoms with Crippen LogP contribution in [0.4, 0.5) is 0 Å². The fourth-order valence-corrected chi connectivity index (χ4v) is 1.39. The second-order valence-electron chi connectivity index (χ2n) is 5.15. The van der Waals surface area contributed by atoms with E-state index in [4.69, 9.17) is 9.84 Å². The van der Waals surface area contributed by atoms with E-state index in [0.29, 0.717) is 6.42 Å². The third-order valence-corrected chi connectivity index (χ3v) is 2.13. The van der Waals surface area contributed by atoms with E-state index in [2.05, 4.69) is 5.32 Å². The number of rotatable bonds is 6. The number of carbonyl (C=O) groups excluding carboxylic acids is 1. The number of hydrogen-bond acceptors (Lipinski definition) is 4. The predicted molar refractivity (Wildman–Crippen MR) is 64.2 cm³/mol. The van der Waals surface area contributed by atoms with Crippen LogP contribution in [-0.4, -0.2) is 35.4 Å². The van der Waals surface area contributed by atoms with Crippen molar-refractivity contribution in [1.29, 1.82) is 0 Å². The number of esters is 1. The maximum Gasteiger partial charge on any atom is 0.307 e. The van der Waals surface area contributed by atoms with Crippen molar-refractivity contribution in [3.8, 4) is 0 Å². The van der Waals surface area contributed by atoms with Crippen LogP contribution in [0.2, 0.25) is 0 Å². The topological polar surface area (TPSA) is 58.6 Å². The van der Waals surface area contributed by atoms with Crippen LogP contribution in [0.15, 0.2) is 0 Å². The lowest BCUT2D eigenvalue weighted by atomic mass is 10.1. The van der Waals surface area contributed by atoms with E-state index < -0.39 is 5.60 Å². The van der Waals surface area contributed by atoms with Crippen molar-refractivity contribution in [2.75, 3.05) is 6.61 Å². The van der Waals surface area contributed by atoms with Gasteiger partial charge in [0.25, 0.3) is 0 Å². The van der Waals surface area contributed by atoms with Crippen molar-refractivity contribution in [1.82, 2.24) is 5.32 Å². The zero-order valence-electron chi connectivity index (χ0n) is 11.0. The van der Waals surface area contributed by atoms with Crippen molar-refractivity contribution in [3.05, 3.63) is 0 Å². The van der Waals surface area contributed by atoms with Gasteiger partial charge in [-0.05, 0) is 34.1 Å². The normalized spacial score (nSPS) is 15.6. The van der Waals surface area contributed by atoms with Gasteiger partial charge < -0.3 is 15.2 Å². The molecule has 2 N–H and O–H groups in total. The van der Waals surface area contributed by atoms with E-state index in [1.807, 2.05) is 34.6 Å². The molecular formula is C12H25NO3.